The van der Waals surface area contributed by atoms with Crippen LogP contribution >= 0.6 is 15.9 Å². The Labute approximate surface area is 136 Å². The third-order valence-electron chi connectivity index (χ3n) is 5.12. The molecule has 1 saturated carbocycles. The predicted octanol–water partition coefficient (Wildman–Crippen LogP) is 2.99. The van der Waals surface area contributed by atoms with Gasteiger partial charge in [-0.25, -0.2) is 0 Å². The molecule has 0 bridgehead atoms. The van der Waals surface area contributed by atoms with Crippen LogP contribution in [0.15, 0.2) is 4.47 Å². The van der Waals surface area contributed by atoms with E-state index in [2.05, 4.69) is 45.2 Å². The number of rotatable bonds is 2. The molecule has 2 fully saturated rings. The zero-order chi connectivity index (χ0) is 14.9. The molecule has 0 aromatic carbocycles. The monoisotopic (exact) mass is 354 g/mol. The second-order valence-corrected chi connectivity index (χ2v) is 7.59. The van der Waals surface area contributed by atoms with Crippen molar-refractivity contribution in [3.63, 3.8) is 0 Å². The molecule has 0 unspecified atom stereocenters. The summed E-state index contributed by atoms with van der Waals surface area (Å²) in [7, 11) is 2.06. The standard InChI is InChI=1S/C16H27BrN4/c1-13-15(17)14(20(2)19-13)11-21-10-6-9-18-16(12-21)7-4-3-5-8-16/h18H,3-12H2,1-2H3. The molecule has 1 aromatic rings. The van der Waals surface area contributed by atoms with Crippen LogP contribution in [0.25, 0.3) is 0 Å². The van der Waals surface area contributed by atoms with Gasteiger partial charge in [-0.1, -0.05) is 19.3 Å². The summed E-state index contributed by atoms with van der Waals surface area (Å²) in [6.07, 6.45) is 8.11. The van der Waals surface area contributed by atoms with Gasteiger partial charge in [0.1, 0.15) is 0 Å². The van der Waals surface area contributed by atoms with Gasteiger partial charge in [0.15, 0.2) is 0 Å². The highest BCUT2D eigenvalue weighted by molar-refractivity contribution is 9.10. The first kappa shape index (κ1) is 15.5. The Morgan fingerprint density at radius 1 is 1.24 bits per heavy atom. The third kappa shape index (κ3) is 3.35. The van der Waals surface area contributed by atoms with E-state index < -0.39 is 0 Å². The molecule has 2 aliphatic rings. The van der Waals surface area contributed by atoms with Gasteiger partial charge in [0.25, 0.3) is 0 Å². The van der Waals surface area contributed by atoms with Gasteiger partial charge in [-0.2, -0.15) is 5.10 Å². The number of aryl methyl sites for hydroxylation is 2. The second kappa shape index (κ2) is 6.39. The Bertz CT molecular complexity index is 491. The topological polar surface area (TPSA) is 33.1 Å². The summed E-state index contributed by atoms with van der Waals surface area (Å²) in [5, 5.41) is 8.40. The fourth-order valence-corrected chi connectivity index (χ4v) is 4.44. The maximum absolute atomic E-state index is 4.53. The molecule has 1 saturated heterocycles. The van der Waals surface area contributed by atoms with Crippen LogP contribution in [0.3, 0.4) is 0 Å². The molecule has 4 nitrogen and oxygen atoms in total. The quantitative estimate of drug-likeness (QED) is 0.886. The van der Waals surface area contributed by atoms with E-state index in [-0.39, 0.29) is 0 Å². The lowest BCUT2D eigenvalue weighted by Gasteiger charge is -2.40. The summed E-state index contributed by atoms with van der Waals surface area (Å²) in [6.45, 7) is 6.61. The third-order valence-corrected chi connectivity index (χ3v) is 6.15. The minimum absolute atomic E-state index is 0.370. The minimum atomic E-state index is 0.370. The molecule has 118 valence electrons. The van der Waals surface area contributed by atoms with Crippen LogP contribution in [0.5, 0.6) is 0 Å². The van der Waals surface area contributed by atoms with Gasteiger partial charge in [0.2, 0.25) is 0 Å². The smallest absolute Gasteiger partial charge is 0.0739 e. The minimum Gasteiger partial charge on any atom is -0.310 e. The fourth-order valence-electron chi connectivity index (χ4n) is 3.98. The van der Waals surface area contributed by atoms with Gasteiger partial charge in [0, 0.05) is 25.7 Å². The molecule has 2 heterocycles. The second-order valence-electron chi connectivity index (χ2n) is 6.80. The average molecular weight is 355 g/mol. The van der Waals surface area contributed by atoms with Crippen molar-refractivity contribution in [3.8, 4) is 0 Å². The van der Waals surface area contributed by atoms with Crippen LogP contribution in [0.1, 0.15) is 49.9 Å². The van der Waals surface area contributed by atoms with Crippen molar-refractivity contribution >= 4 is 15.9 Å². The Balaban J connectivity index is 1.74. The summed E-state index contributed by atoms with van der Waals surface area (Å²) >= 11 is 3.71. The van der Waals surface area contributed by atoms with E-state index in [1.165, 1.54) is 68.3 Å². The summed E-state index contributed by atoms with van der Waals surface area (Å²) < 4.78 is 3.21. The van der Waals surface area contributed by atoms with E-state index in [4.69, 9.17) is 0 Å². The molecule has 3 rings (SSSR count). The number of nitrogens with one attached hydrogen (secondary N) is 1. The zero-order valence-electron chi connectivity index (χ0n) is 13.3. The van der Waals surface area contributed by atoms with Crippen molar-refractivity contribution in [1.29, 1.82) is 0 Å². The molecule has 5 heteroatoms. The van der Waals surface area contributed by atoms with Crippen molar-refractivity contribution in [1.82, 2.24) is 20.0 Å². The first-order valence-corrected chi connectivity index (χ1v) is 9.04. The number of aromatic nitrogens is 2. The molecular formula is C16H27BrN4. The van der Waals surface area contributed by atoms with E-state index in [1.807, 2.05) is 4.68 Å². The van der Waals surface area contributed by atoms with E-state index in [9.17, 15) is 0 Å². The largest absolute Gasteiger partial charge is 0.310 e. The first-order chi connectivity index (χ1) is 10.1. The number of hydrogen-bond donors (Lipinski definition) is 1. The molecule has 0 radical (unpaired) electrons. The maximum Gasteiger partial charge on any atom is 0.0739 e. The van der Waals surface area contributed by atoms with Crippen molar-refractivity contribution in [2.45, 2.75) is 57.5 Å². The van der Waals surface area contributed by atoms with E-state index >= 15 is 0 Å². The van der Waals surface area contributed by atoms with Gasteiger partial charge < -0.3 is 5.32 Å². The Morgan fingerprint density at radius 2 is 2.00 bits per heavy atom. The van der Waals surface area contributed by atoms with Crippen LogP contribution in [0.4, 0.5) is 0 Å². The molecular weight excluding hydrogens is 328 g/mol. The molecule has 0 amide bonds. The van der Waals surface area contributed by atoms with Crippen molar-refractivity contribution in [2.75, 3.05) is 19.6 Å². The Hall–Kier alpha value is -0.390. The van der Waals surface area contributed by atoms with Crippen molar-refractivity contribution in [3.05, 3.63) is 15.9 Å². The van der Waals surface area contributed by atoms with E-state index in [0.29, 0.717) is 5.54 Å². The van der Waals surface area contributed by atoms with Gasteiger partial charge in [-0.3, -0.25) is 9.58 Å². The Morgan fingerprint density at radius 3 is 2.67 bits per heavy atom. The summed E-state index contributed by atoms with van der Waals surface area (Å²) in [6, 6.07) is 0. The fraction of sp³-hybridized carbons (Fsp3) is 0.812. The van der Waals surface area contributed by atoms with Crippen molar-refractivity contribution < 1.29 is 0 Å². The maximum atomic E-state index is 4.53. The molecule has 0 atom stereocenters. The normalized spacial score (nSPS) is 23.4. The average Bonchev–Trinajstić information content (AvgIpc) is 2.64. The number of halogens is 1. The van der Waals surface area contributed by atoms with Gasteiger partial charge in [-0.15, -0.1) is 0 Å². The van der Waals surface area contributed by atoms with Crippen molar-refractivity contribution in [2.24, 2.45) is 7.05 Å². The summed E-state index contributed by atoms with van der Waals surface area (Å²) in [5.41, 5.74) is 2.77. The molecule has 1 aliphatic heterocycles. The predicted molar refractivity (Wildman–Crippen MR) is 89.4 cm³/mol. The van der Waals surface area contributed by atoms with Gasteiger partial charge in [-0.05, 0) is 55.2 Å². The molecule has 1 spiro atoms. The highest BCUT2D eigenvalue weighted by Gasteiger charge is 2.35. The highest BCUT2D eigenvalue weighted by atomic mass is 79.9. The molecule has 21 heavy (non-hydrogen) atoms. The van der Waals surface area contributed by atoms with Crippen LogP contribution in [0, 0.1) is 6.92 Å². The van der Waals surface area contributed by atoms with Crippen LogP contribution < -0.4 is 5.32 Å². The summed E-state index contributed by atoms with van der Waals surface area (Å²) in [5.74, 6) is 0. The van der Waals surface area contributed by atoms with E-state index in [0.717, 1.165) is 12.2 Å². The van der Waals surface area contributed by atoms with Crippen LogP contribution in [-0.2, 0) is 13.6 Å². The number of nitrogens with zero attached hydrogens (tertiary/aromatic N) is 3. The van der Waals surface area contributed by atoms with Gasteiger partial charge >= 0.3 is 0 Å². The van der Waals surface area contributed by atoms with Gasteiger partial charge in [0.05, 0.1) is 15.9 Å². The highest BCUT2D eigenvalue weighted by Crippen LogP contribution is 2.31. The van der Waals surface area contributed by atoms with E-state index in [1.54, 1.807) is 0 Å². The SMILES string of the molecule is Cc1nn(C)c(CN2CCCNC3(CCCCC3)C2)c1Br. The zero-order valence-corrected chi connectivity index (χ0v) is 14.9. The lowest BCUT2D eigenvalue weighted by atomic mass is 9.81. The lowest BCUT2D eigenvalue weighted by molar-refractivity contribution is 0.157. The Kier molecular flexibility index (Phi) is 4.71. The first-order valence-electron chi connectivity index (χ1n) is 8.25. The van der Waals surface area contributed by atoms with Crippen LogP contribution in [0.2, 0.25) is 0 Å². The molecule has 1 N–H and O–H groups in total. The van der Waals surface area contributed by atoms with Crippen LogP contribution in [-0.4, -0.2) is 39.9 Å². The summed E-state index contributed by atoms with van der Waals surface area (Å²) in [4.78, 5) is 2.63. The number of hydrogen-bond acceptors (Lipinski definition) is 3. The lowest BCUT2D eigenvalue weighted by Crippen LogP contribution is -2.52. The molecule has 1 aliphatic carbocycles. The molecule has 1 aromatic heterocycles.